The van der Waals surface area contributed by atoms with Gasteiger partial charge in [-0.3, -0.25) is 11.3 Å². The van der Waals surface area contributed by atoms with Crippen molar-refractivity contribution < 1.29 is 4.39 Å². The Morgan fingerprint density at radius 3 is 2.40 bits per heavy atom. The number of rotatable bonds is 4. The number of nitrogens with two attached hydrogens (primary N) is 1. The lowest BCUT2D eigenvalue weighted by Crippen LogP contribution is -2.30. The van der Waals surface area contributed by atoms with Gasteiger partial charge in [0.1, 0.15) is 5.82 Å². The lowest BCUT2D eigenvalue weighted by molar-refractivity contribution is 0.529. The first-order chi connectivity index (χ1) is 9.51. The smallest absolute Gasteiger partial charge is 0.127 e. The molecule has 0 saturated heterocycles. The second-order valence-corrected chi connectivity index (χ2v) is 5.45. The summed E-state index contributed by atoms with van der Waals surface area (Å²) in [5.74, 6) is 5.33. The molecule has 4 heteroatoms. The maximum absolute atomic E-state index is 13.9. The summed E-state index contributed by atoms with van der Waals surface area (Å²) in [5, 5.41) is 0.426. The highest BCUT2D eigenvalue weighted by Gasteiger charge is 2.16. The minimum atomic E-state index is -0.304. The van der Waals surface area contributed by atoms with Crippen LogP contribution in [0.25, 0.3) is 0 Å². The summed E-state index contributed by atoms with van der Waals surface area (Å²) in [6.45, 7) is 4.06. The molecule has 2 nitrogen and oxygen atoms in total. The number of hydrazine groups is 1. The number of aryl methyl sites for hydroxylation is 2. The van der Waals surface area contributed by atoms with Crippen LogP contribution in [0.3, 0.4) is 0 Å². The SMILES string of the molecule is Cc1cc(C)cc(C(Cc2c(F)cccc2Cl)NN)c1. The van der Waals surface area contributed by atoms with E-state index in [-0.39, 0.29) is 11.9 Å². The molecule has 0 bridgehead atoms. The van der Waals surface area contributed by atoms with Gasteiger partial charge in [-0.1, -0.05) is 47.0 Å². The highest BCUT2D eigenvalue weighted by molar-refractivity contribution is 6.31. The van der Waals surface area contributed by atoms with Gasteiger partial charge in [0, 0.05) is 10.6 Å². The maximum Gasteiger partial charge on any atom is 0.127 e. The van der Waals surface area contributed by atoms with Crippen molar-refractivity contribution in [1.82, 2.24) is 5.43 Å². The second kappa shape index (κ2) is 6.35. The van der Waals surface area contributed by atoms with Gasteiger partial charge < -0.3 is 0 Å². The average molecular weight is 293 g/mol. The lowest BCUT2D eigenvalue weighted by Gasteiger charge is -2.19. The Balaban J connectivity index is 2.33. The average Bonchev–Trinajstić information content (AvgIpc) is 2.37. The summed E-state index contributed by atoms with van der Waals surface area (Å²) in [7, 11) is 0. The summed E-state index contributed by atoms with van der Waals surface area (Å²) in [5.41, 5.74) is 6.57. The molecule has 0 amide bonds. The fraction of sp³-hybridized carbons (Fsp3) is 0.250. The highest BCUT2D eigenvalue weighted by Crippen LogP contribution is 2.26. The molecule has 0 aliphatic rings. The van der Waals surface area contributed by atoms with Crippen LogP contribution in [0.4, 0.5) is 4.39 Å². The van der Waals surface area contributed by atoms with Gasteiger partial charge in [-0.25, -0.2) is 4.39 Å². The molecule has 1 atom stereocenters. The number of nitrogens with one attached hydrogen (secondary N) is 1. The Morgan fingerprint density at radius 1 is 1.20 bits per heavy atom. The summed E-state index contributed by atoms with van der Waals surface area (Å²) >= 11 is 6.07. The summed E-state index contributed by atoms with van der Waals surface area (Å²) in [6, 6.07) is 10.7. The third-order valence-corrected chi connectivity index (χ3v) is 3.67. The van der Waals surface area contributed by atoms with E-state index in [4.69, 9.17) is 17.4 Å². The van der Waals surface area contributed by atoms with E-state index >= 15 is 0 Å². The van der Waals surface area contributed by atoms with Gasteiger partial charge >= 0.3 is 0 Å². The third kappa shape index (κ3) is 3.37. The molecule has 0 aliphatic carbocycles. The molecule has 106 valence electrons. The van der Waals surface area contributed by atoms with E-state index in [0.29, 0.717) is 17.0 Å². The van der Waals surface area contributed by atoms with Crippen LogP contribution >= 0.6 is 11.6 Å². The van der Waals surface area contributed by atoms with E-state index < -0.39 is 0 Å². The Kier molecular flexibility index (Phi) is 4.76. The molecule has 0 spiro atoms. The van der Waals surface area contributed by atoms with Crippen molar-refractivity contribution in [2.75, 3.05) is 0 Å². The minimum absolute atomic E-state index is 0.178. The van der Waals surface area contributed by atoms with Gasteiger partial charge in [0.25, 0.3) is 0 Å². The Labute approximate surface area is 123 Å². The number of halogens is 2. The van der Waals surface area contributed by atoms with Gasteiger partial charge in [0.15, 0.2) is 0 Å². The molecular weight excluding hydrogens is 275 g/mol. The number of benzene rings is 2. The Hall–Kier alpha value is -1.42. The minimum Gasteiger partial charge on any atom is -0.271 e. The molecule has 2 aromatic rings. The third-order valence-electron chi connectivity index (χ3n) is 3.32. The van der Waals surface area contributed by atoms with Crippen molar-refractivity contribution in [2.24, 2.45) is 5.84 Å². The topological polar surface area (TPSA) is 38.0 Å². The monoisotopic (exact) mass is 292 g/mol. The van der Waals surface area contributed by atoms with Gasteiger partial charge in [-0.05, 0) is 38.0 Å². The van der Waals surface area contributed by atoms with Gasteiger partial charge in [0.2, 0.25) is 0 Å². The molecule has 0 aromatic heterocycles. The lowest BCUT2D eigenvalue weighted by atomic mass is 9.96. The van der Waals surface area contributed by atoms with Crippen molar-refractivity contribution in [3.8, 4) is 0 Å². The van der Waals surface area contributed by atoms with Crippen molar-refractivity contribution in [3.05, 3.63) is 69.5 Å². The number of hydrogen-bond donors (Lipinski definition) is 2. The molecule has 3 N–H and O–H groups in total. The van der Waals surface area contributed by atoms with Crippen molar-refractivity contribution in [1.29, 1.82) is 0 Å². The predicted octanol–water partition coefficient (Wildman–Crippen LogP) is 3.84. The van der Waals surface area contributed by atoms with E-state index in [1.165, 1.54) is 6.07 Å². The molecule has 2 rings (SSSR count). The van der Waals surface area contributed by atoms with E-state index in [0.717, 1.165) is 16.7 Å². The fourth-order valence-electron chi connectivity index (χ4n) is 2.42. The molecule has 0 heterocycles. The maximum atomic E-state index is 13.9. The van der Waals surface area contributed by atoms with Gasteiger partial charge in [-0.15, -0.1) is 0 Å². The van der Waals surface area contributed by atoms with Crippen LogP contribution in [0, 0.1) is 19.7 Å². The molecule has 0 radical (unpaired) electrons. The van der Waals surface area contributed by atoms with Crippen LogP contribution in [0.2, 0.25) is 5.02 Å². The van der Waals surface area contributed by atoms with Crippen LogP contribution < -0.4 is 11.3 Å². The zero-order chi connectivity index (χ0) is 14.7. The summed E-state index contributed by atoms with van der Waals surface area (Å²) in [4.78, 5) is 0. The van der Waals surface area contributed by atoms with E-state index in [1.807, 2.05) is 26.0 Å². The van der Waals surface area contributed by atoms with E-state index in [1.54, 1.807) is 12.1 Å². The highest BCUT2D eigenvalue weighted by atomic mass is 35.5. The molecule has 2 aromatic carbocycles. The first-order valence-electron chi connectivity index (χ1n) is 6.48. The molecule has 0 aliphatic heterocycles. The molecular formula is C16H18ClFN2. The van der Waals surface area contributed by atoms with Crippen LogP contribution in [0.1, 0.15) is 28.3 Å². The zero-order valence-corrected chi connectivity index (χ0v) is 12.3. The standard InChI is InChI=1S/C16H18ClFN2/c1-10-6-11(2)8-12(7-10)16(20-19)9-13-14(17)4-3-5-15(13)18/h3-8,16,20H,9,19H2,1-2H3. The van der Waals surface area contributed by atoms with E-state index in [2.05, 4.69) is 11.5 Å². The van der Waals surface area contributed by atoms with Crippen molar-refractivity contribution >= 4 is 11.6 Å². The van der Waals surface area contributed by atoms with Crippen LogP contribution in [-0.2, 0) is 6.42 Å². The summed E-state index contributed by atoms with van der Waals surface area (Å²) in [6.07, 6.45) is 0.408. The fourth-order valence-corrected chi connectivity index (χ4v) is 2.66. The molecule has 0 saturated carbocycles. The first-order valence-corrected chi connectivity index (χ1v) is 6.86. The molecule has 0 fully saturated rings. The molecule has 1 unspecified atom stereocenters. The Morgan fingerprint density at radius 2 is 1.85 bits per heavy atom. The molecule has 20 heavy (non-hydrogen) atoms. The quantitative estimate of drug-likeness (QED) is 0.664. The Bertz CT molecular complexity index is 573. The largest absolute Gasteiger partial charge is 0.271 e. The van der Waals surface area contributed by atoms with Gasteiger partial charge in [-0.2, -0.15) is 0 Å². The summed E-state index contributed by atoms with van der Waals surface area (Å²) < 4.78 is 13.9. The van der Waals surface area contributed by atoms with E-state index in [9.17, 15) is 4.39 Å². The van der Waals surface area contributed by atoms with Crippen LogP contribution in [0.5, 0.6) is 0 Å². The normalized spacial score (nSPS) is 12.4. The number of hydrogen-bond acceptors (Lipinski definition) is 2. The van der Waals surface area contributed by atoms with Crippen molar-refractivity contribution in [3.63, 3.8) is 0 Å². The second-order valence-electron chi connectivity index (χ2n) is 5.04. The van der Waals surface area contributed by atoms with Crippen molar-refractivity contribution in [2.45, 2.75) is 26.3 Å². The first kappa shape index (κ1) is 15.0. The van der Waals surface area contributed by atoms with Gasteiger partial charge in [0.05, 0.1) is 6.04 Å². The zero-order valence-electron chi connectivity index (χ0n) is 11.6. The predicted molar refractivity (Wildman–Crippen MR) is 81.1 cm³/mol. The van der Waals surface area contributed by atoms with Crippen LogP contribution in [-0.4, -0.2) is 0 Å². The van der Waals surface area contributed by atoms with Crippen LogP contribution in [0.15, 0.2) is 36.4 Å².